The van der Waals surface area contributed by atoms with Gasteiger partial charge in [-0.05, 0) is 36.2 Å². The van der Waals surface area contributed by atoms with Gasteiger partial charge in [-0.1, -0.05) is 60.7 Å². The molecule has 0 unspecified atom stereocenters. The van der Waals surface area contributed by atoms with Crippen molar-refractivity contribution >= 4 is 50.6 Å². The fourth-order valence-corrected chi connectivity index (χ4v) is 5.78. The second kappa shape index (κ2) is 6.92. The number of carbonyl (C=O) groups is 2. The minimum Gasteiger partial charge on any atom is -0.460 e. The number of fused-ring (bicyclic) bond motifs is 8. The Hall–Kier alpha value is -4.70. The molecule has 2 aliphatic carbocycles. The Bertz CT molecular complexity index is 1980. The van der Waals surface area contributed by atoms with E-state index in [0.29, 0.717) is 27.8 Å². The third-order valence-electron chi connectivity index (χ3n) is 7.47. The summed E-state index contributed by atoms with van der Waals surface area (Å²) in [5.41, 5.74) is 6.69. The molecular formula is C32H18O4. The van der Waals surface area contributed by atoms with Gasteiger partial charge in [0.2, 0.25) is 0 Å². The Labute approximate surface area is 205 Å². The predicted octanol–water partition coefficient (Wildman–Crippen LogP) is 7.73. The second-order valence-electron chi connectivity index (χ2n) is 9.45. The lowest BCUT2D eigenvalue weighted by Gasteiger charge is -2.18. The van der Waals surface area contributed by atoms with Crippen LogP contribution < -0.4 is 0 Å². The highest BCUT2D eigenvalue weighted by Gasteiger charge is 2.31. The van der Waals surface area contributed by atoms with E-state index in [-0.39, 0.29) is 11.6 Å². The van der Waals surface area contributed by atoms with Crippen LogP contribution in [0.4, 0.5) is 0 Å². The topological polar surface area (TPSA) is 60.4 Å². The molecule has 0 fully saturated rings. The number of benzene rings is 4. The van der Waals surface area contributed by atoms with Gasteiger partial charge in [0.25, 0.3) is 0 Å². The largest absolute Gasteiger partial charge is 0.460 e. The van der Waals surface area contributed by atoms with Crippen molar-refractivity contribution < 1.29 is 18.4 Å². The molecule has 8 rings (SSSR count). The summed E-state index contributed by atoms with van der Waals surface area (Å²) >= 11 is 0. The molecule has 4 aromatic carbocycles. The summed E-state index contributed by atoms with van der Waals surface area (Å²) in [6.45, 7) is 0. The van der Waals surface area contributed by atoms with Crippen molar-refractivity contribution in [2.24, 2.45) is 0 Å². The first kappa shape index (κ1) is 19.6. The second-order valence-corrected chi connectivity index (χ2v) is 9.45. The molecule has 0 radical (unpaired) electrons. The quantitative estimate of drug-likeness (QED) is 0.248. The van der Waals surface area contributed by atoms with Crippen molar-refractivity contribution in [1.29, 1.82) is 0 Å². The summed E-state index contributed by atoms with van der Waals surface area (Å²) in [4.78, 5) is 26.6. The maximum atomic E-state index is 13.5. The van der Waals surface area contributed by atoms with Crippen LogP contribution in [0, 0.1) is 0 Å². The first-order valence-electron chi connectivity index (χ1n) is 12.1. The van der Waals surface area contributed by atoms with E-state index in [1.54, 1.807) is 30.3 Å². The number of allylic oxidation sites excluding steroid dienone is 1. The fourth-order valence-electron chi connectivity index (χ4n) is 5.78. The van der Waals surface area contributed by atoms with Gasteiger partial charge in [0.05, 0.1) is 5.56 Å². The molecule has 0 atom stereocenters. The molecule has 0 spiro atoms. The molecule has 0 saturated heterocycles. The number of hydrogen-bond acceptors (Lipinski definition) is 4. The Balaban J connectivity index is 1.47. The van der Waals surface area contributed by atoms with Gasteiger partial charge in [-0.2, -0.15) is 0 Å². The van der Waals surface area contributed by atoms with Crippen LogP contribution in [-0.4, -0.2) is 11.6 Å². The van der Waals surface area contributed by atoms with Gasteiger partial charge in [0.15, 0.2) is 11.6 Å². The van der Waals surface area contributed by atoms with Gasteiger partial charge in [0.1, 0.15) is 22.5 Å². The van der Waals surface area contributed by atoms with Gasteiger partial charge < -0.3 is 8.83 Å². The first-order valence-corrected chi connectivity index (χ1v) is 12.1. The van der Waals surface area contributed by atoms with Crippen molar-refractivity contribution in [3.05, 3.63) is 112 Å². The van der Waals surface area contributed by atoms with Crippen molar-refractivity contribution in [2.45, 2.75) is 12.8 Å². The summed E-state index contributed by atoms with van der Waals surface area (Å²) < 4.78 is 12.9. The zero-order valence-corrected chi connectivity index (χ0v) is 19.1. The smallest absolute Gasteiger partial charge is 0.194 e. The minimum absolute atomic E-state index is 0.127. The van der Waals surface area contributed by atoms with Crippen molar-refractivity contribution in [3.63, 3.8) is 0 Å². The van der Waals surface area contributed by atoms with Gasteiger partial charge in [0, 0.05) is 50.4 Å². The van der Waals surface area contributed by atoms with Crippen LogP contribution in [0.15, 0.2) is 87.7 Å². The zero-order chi connectivity index (χ0) is 24.0. The molecule has 0 N–H and O–H groups in total. The van der Waals surface area contributed by atoms with Gasteiger partial charge in [-0.3, -0.25) is 9.59 Å². The third-order valence-corrected chi connectivity index (χ3v) is 7.47. The van der Waals surface area contributed by atoms with Gasteiger partial charge in [-0.25, -0.2) is 0 Å². The lowest BCUT2D eigenvalue weighted by Crippen LogP contribution is -2.20. The first-order chi connectivity index (χ1) is 17.7. The standard InChI is InChI=1S/C32H18O4/c33-29-20-9-1-2-10-21(20)30(34)23-15-17(13-14-22(23)29)28-31-24(18-7-3-5-11-26(18)35-31)16-25-19-8-4-6-12-27(19)36-32(25)28/h1-5,7-11,13-16H,6,12H2. The van der Waals surface area contributed by atoms with Gasteiger partial charge in [-0.15, -0.1) is 0 Å². The number of hydrogen-bond donors (Lipinski definition) is 0. The Morgan fingerprint density at radius 2 is 1.36 bits per heavy atom. The van der Waals surface area contributed by atoms with Crippen LogP contribution in [0.3, 0.4) is 0 Å². The monoisotopic (exact) mass is 466 g/mol. The lowest BCUT2D eigenvalue weighted by molar-refractivity contribution is 0.0979. The van der Waals surface area contributed by atoms with Gasteiger partial charge >= 0.3 is 0 Å². The Morgan fingerprint density at radius 3 is 2.22 bits per heavy atom. The Morgan fingerprint density at radius 1 is 0.639 bits per heavy atom. The van der Waals surface area contributed by atoms with Crippen LogP contribution in [0.2, 0.25) is 0 Å². The van der Waals surface area contributed by atoms with Crippen LogP contribution >= 0.6 is 0 Å². The normalized spacial score (nSPS) is 14.4. The van der Waals surface area contributed by atoms with E-state index in [9.17, 15) is 9.59 Å². The molecule has 0 saturated carbocycles. The molecule has 170 valence electrons. The fraction of sp³-hybridized carbons (Fsp3) is 0.0625. The van der Waals surface area contributed by atoms with Crippen LogP contribution in [0.5, 0.6) is 0 Å². The molecular weight excluding hydrogens is 448 g/mol. The minimum atomic E-state index is -0.142. The van der Waals surface area contributed by atoms with Crippen LogP contribution in [0.1, 0.15) is 49.6 Å². The van der Waals surface area contributed by atoms with E-state index < -0.39 is 0 Å². The highest BCUT2D eigenvalue weighted by molar-refractivity contribution is 6.29. The summed E-state index contributed by atoms with van der Waals surface area (Å²) in [6.07, 6.45) is 6.09. The van der Waals surface area contributed by atoms with E-state index in [0.717, 1.165) is 62.6 Å². The number of para-hydroxylation sites is 1. The number of ketones is 2. The molecule has 0 amide bonds. The number of aryl methyl sites for hydroxylation is 1. The number of furan rings is 2. The van der Waals surface area contributed by atoms with E-state index in [1.165, 1.54) is 0 Å². The third kappa shape index (κ3) is 2.48. The molecule has 0 aliphatic heterocycles. The molecule has 6 aromatic rings. The highest BCUT2D eigenvalue weighted by atomic mass is 16.3. The predicted molar refractivity (Wildman–Crippen MR) is 140 cm³/mol. The Kier molecular flexibility index (Phi) is 3.77. The molecule has 4 heteroatoms. The molecule has 36 heavy (non-hydrogen) atoms. The van der Waals surface area contributed by atoms with Crippen molar-refractivity contribution in [3.8, 4) is 11.1 Å². The van der Waals surface area contributed by atoms with E-state index in [1.807, 2.05) is 30.3 Å². The summed E-state index contributed by atoms with van der Waals surface area (Å²) in [5, 5.41) is 3.06. The average Bonchev–Trinajstić information content (AvgIpc) is 3.48. The summed E-state index contributed by atoms with van der Waals surface area (Å²) in [6, 6.07) is 22.6. The van der Waals surface area contributed by atoms with Crippen molar-refractivity contribution in [2.75, 3.05) is 0 Å². The van der Waals surface area contributed by atoms with E-state index in [4.69, 9.17) is 8.83 Å². The molecule has 0 bridgehead atoms. The summed E-state index contributed by atoms with van der Waals surface area (Å²) in [7, 11) is 0. The highest BCUT2D eigenvalue weighted by Crippen LogP contribution is 2.45. The SMILES string of the molecule is O=C1c2ccccc2C(=O)c2cc(-c3c4oc5c(c4cc4c3oc3ccccc34)C=CCC5)ccc21. The maximum absolute atomic E-state index is 13.5. The van der Waals surface area contributed by atoms with Crippen LogP contribution in [0.25, 0.3) is 50.1 Å². The zero-order valence-electron chi connectivity index (χ0n) is 19.1. The number of rotatable bonds is 1. The van der Waals surface area contributed by atoms with Crippen LogP contribution in [-0.2, 0) is 6.42 Å². The average molecular weight is 466 g/mol. The van der Waals surface area contributed by atoms with E-state index in [2.05, 4.69) is 24.3 Å². The molecule has 2 aliphatic rings. The molecule has 2 heterocycles. The maximum Gasteiger partial charge on any atom is 0.194 e. The number of carbonyl (C=O) groups excluding carboxylic acids is 2. The molecule has 4 nitrogen and oxygen atoms in total. The summed E-state index contributed by atoms with van der Waals surface area (Å²) in [5.74, 6) is 0.693. The lowest BCUT2D eigenvalue weighted by atomic mass is 9.82. The van der Waals surface area contributed by atoms with Crippen molar-refractivity contribution in [1.82, 2.24) is 0 Å². The van der Waals surface area contributed by atoms with E-state index >= 15 is 0 Å². The molecule has 2 aromatic heterocycles.